The summed E-state index contributed by atoms with van der Waals surface area (Å²) in [6.07, 6.45) is 0.991. The van der Waals surface area contributed by atoms with Crippen LogP contribution in [0.15, 0.2) is 0 Å². The standard InChI is InChI=1S/C13H25N3O2/c1-10(16-7-5-14-6-8-16)12(17)15-13(3)4-9-18-11(13)2/h10-11,14H,4-9H2,1-3H3,(H,15,17). The van der Waals surface area contributed by atoms with E-state index in [-0.39, 0.29) is 23.6 Å². The van der Waals surface area contributed by atoms with Gasteiger partial charge in [-0.05, 0) is 27.2 Å². The fourth-order valence-electron chi connectivity index (χ4n) is 2.62. The van der Waals surface area contributed by atoms with Crippen LogP contribution in [0.4, 0.5) is 0 Å². The monoisotopic (exact) mass is 255 g/mol. The molecule has 0 radical (unpaired) electrons. The highest BCUT2D eigenvalue weighted by Crippen LogP contribution is 2.25. The molecule has 3 unspecified atom stereocenters. The second kappa shape index (κ2) is 5.55. The number of rotatable bonds is 3. The Morgan fingerprint density at radius 2 is 2.17 bits per heavy atom. The molecule has 5 heteroatoms. The fraction of sp³-hybridized carbons (Fsp3) is 0.923. The van der Waals surface area contributed by atoms with Gasteiger partial charge in [-0.25, -0.2) is 0 Å². The van der Waals surface area contributed by atoms with Crippen molar-refractivity contribution in [1.29, 1.82) is 0 Å². The van der Waals surface area contributed by atoms with Crippen LogP contribution in [0.5, 0.6) is 0 Å². The third-order valence-electron chi connectivity index (χ3n) is 4.37. The third-order valence-corrected chi connectivity index (χ3v) is 4.37. The first kappa shape index (κ1) is 13.8. The maximum atomic E-state index is 12.3. The number of carbonyl (C=O) groups is 1. The van der Waals surface area contributed by atoms with E-state index in [9.17, 15) is 4.79 Å². The Bertz CT molecular complexity index is 305. The highest BCUT2D eigenvalue weighted by atomic mass is 16.5. The van der Waals surface area contributed by atoms with Gasteiger partial charge in [-0.3, -0.25) is 9.69 Å². The van der Waals surface area contributed by atoms with E-state index in [1.165, 1.54) is 0 Å². The molecular weight excluding hydrogens is 230 g/mol. The molecular formula is C13H25N3O2. The van der Waals surface area contributed by atoms with Crippen molar-refractivity contribution in [2.45, 2.75) is 44.9 Å². The molecule has 2 N–H and O–H groups in total. The van der Waals surface area contributed by atoms with Gasteiger partial charge < -0.3 is 15.4 Å². The Morgan fingerprint density at radius 3 is 2.72 bits per heavy atom. The molecule has 2 fully saturated rings. The van der Waals surface area contributed by atoms with Crippen LogP contribution in [0.3, 0.4) is 0 Å². The lowest BCUT2D eigenvalue weighted by Crippen LogP contribution is -2.58. The molecule has 0 saturated carbocycles. The molecule has 0 aliphatic carbocycles. The van der Waals surface area contributed by atoms with Gasteiger partial charge in [-0.1, -0.05) is 0 Å². The minimum atomic E-state index is -0.209. The highest BCUT2D eigenvalue weighted by molar-refractivity contribution is 5.82. The van der Waals surface area contributed by atoms with E-state index in [2.05, 4.69) is 22.5 Å². The van der Waals surface area contributed by atoms with Gasteiger partial charge in [0.2, 0.25) is 5.91 Å². The second-order valence-electron chi connectivity index (χ2n) is 5.63. The van der Waals surface area contributed by atoms with E-state index in [0.717, 1.165) is 39.2 Å². The van der Waals surface area contributed by atoms with Crippen molar-refractivity contribution >= 4 is 5.91 Å². The van der Waals surface area contributed by atoms with Crippen molar-refractivity contribution in [3.05, 3.63) is 0 Å². The van der Waals surface area contributed by atoms with E-state index >= 15 is 0 Å². The largest absolute Gasteiger partial charge is 0.376 e. The molecule has 104 valence electrons. The summed E-state index contributed by atoms with van der Waals surface area (Å²) in [6.45, 7) is 10.7. The summed E-state index contributed by atoms with van der Waals surface area (Å²) in [5.74, 6) is 0.122. The highest BCUT2D eigenvalue weighted by Gasteiger charge is 2.39. The Balaban J connectivity index is 1.90. The summed E-state index contributed by atoms with van der Waals surface area (Å²) in [6, 6.07) is -0.0586. The second-order valence-corrected chi connectivity index (χ2v) is 5.63. The van der Waals surface area contributed by atoms with Gasteiger partial charge in [0, 0.05) is 32.8 Å². The van der Waals surface area contributed by atoms with Crippen molar-refractivity contribution in [3.63, 3.8) is 0 Å². The van der Waals surface area contributed by atoms with Crippen LogP contribution >= 0.6 is 0 Å². The number of nitrogens with one attached hydrogen (secondary N) is 2. The zero-order valence-corrected chi connectivity index (χ0v) is 11.7. The van der Waals surface area contributed by atoms with Gasteiger partial charge in [0.05, 0.1) is 17.7 Å². The first-order chi connectivity index (χ1) is 8.53. The Kier molecular flexibility index (Phi) is 4.25. The molecule has 0 aromatic rings. The number of nitrogens with zero attached hydrogens (tertiary/aromatic N) is 1. The average Bonchev–Trinajstić information content (AvgIpc) is 2.69. The quantitative estimate of drug-likeness (QED) is 0.743. The van der Waals surface area contributed by atoms with Crippen molar-refractivity contribution in [1.82, 2.24) is 15.5 Å². The molecule has 5 nitrogen and oxygen atoms in total. The van der Waals surface area contributed by atoms with Gasteiger partial charge in [0.25, 0.3) is 0 Å². The summed E-state index contributed by atoms with van der Waals surface area (Å²) in [7, 11) is 0. The van der Waals surface area contributed by atoms with Gasteiger partial charge >= 0.3 is 0 Å². The molecule has 0 spiro atoms. The molecule has 3 atom stereocenters. The smallest absolute Gasteiger partial charge is 0.237 e. The molecule has 2 saturated heterocycles. The predicted octanol–water partition coefficient (Wildman–Crippen LogP) is -0.0362. The van der Waals surface area contributed by atoms with Gasteiger partial charge in [-0.15, -0.1) is 0 Å². The van der Waals surface area contributed by atoms with Crippen molar-refractivity contribution < 1.29 is 9.53 Å². The molecule has 2 aliphatic heterocycles. The molecule has 1 amide bonds. The Labute approximate surface area is 109 Å². The molecule has 0 aromatic heterocycles. The third kappa shape index (κ3) is 2.84. The minimum Gasteiger partial charge on any atom is -0.376 e. The Morgan fingerprint density at radius 1 is 1.50 bits per heavy atom. The van der Waals surface area contributed by atoms with E-state index < -0.39 is 0 Å². The van der Waals surface area contributed by atoms with E-state index in [4.69, 9.17) is 4.74 Å². The number of carbonyl (C=O) groups excluding carboxylic acids is 1. The predicted molar refractivity (Wildman–Crippen MR) is 70.5 cm³/mol. The fourth-order valence-corrected chi connectivity index (χ4v) is 2.62. The number of hydrogen-bond acceptors (Lipinski definition) is 4. The Hall–Kier alpha value is -0.650. The first-order valence-corrected chi connectivity index (χ1v) is 6.91. The van der Waals surface area contributed by atoms with Crippen LogP contribution in [0.1, 0.15) is 27.2 Å². The van der Waals surface area contributed by atoms with Crippen LogP contribution in [-0.2, 0) is 9.53 Å². The molecule has 2 heterocycles. The van der Waals surface area contributed by atoms with Crippen molar-refractivity contribution in [2.75, 3.05) is 32.8 Å². The number of hydrogen-bond donors (Lipinski definition) is 2. The number of amides is 1. The van der Waals surface area contributed by atoms with Gasteiger partial charge in [0.1, 0.15) is 0 Å². The number of ether oxygens (including phenoxy) is 1. The van der Waals surface area contributed by atoms with E-state index in [0.29, 0.717) is 0 Å². The summed E-state index contributed by atoms with van der Waals surface area (Å²) >= 11 is 0. The van der Waals surface area contributed by atoms with Crippen LogP contribution < -0.4 is 10.6 Å². The lowest BCUT2D eigenvalue weighted by atomic mass is 9.94. The molecule has 18 heavy (non-hydrogen) atoms. The molecule has 0 bridgehead atoms. The van der Waals surface area contributed by atoms with Crippen molar-refractivity contribution in [2.24, 2.45) is 0 Å². The normalized spacial score (nSPS) is 35.4. The number of piperazine rings is 1. The summed E-state index contributed by atoms with van der Waals surface area (Å²) in [5, 5.41) is 6.48. The van der Waals surface area contributed by atoms with E-state index in [1.807, 2.05) is 13.8 Å². The lowest BCUT2D eigenvalue weighted by Gasteiger charge is -2.35. The summed E-state index contributed by atoms with van der Waals surface area (Å²) in [4.78, 5) is 14.6. The molecule has 2 rings (SSSR count). The zero-order chi connectivity index (χ0) is 13.2. The van der Waals surface area contributed by atoms with Crippen LogP contribution in [-0.4, -0.2) is 61.3 Å². The maximum Gasteiger partial charge on any atom is 0.237 e. The van der Waals surface area contributed by atoms with Crippen LogP contribution in [0, 0.1) is 0 Å². The topological polar surface area (TPSA) is 53.6 Å². The van der Waals surface area contributed by atoms with Gasteiger partial charge in [-0.2, -0.15) is 0 Å². The van der Waals surface area contributed by atoms with Gasteiger partial charge in [0.15, 0.2) is 0 Å². The average molecular weight is 255 g/mol. The molecule has 2 aliphatic rings. The van der Waals surface area contributed by atoms with Crippen LogP contribution in [0.2, 0.25) is 0 Å². The SMILES string of the molecule is CC(C(=O)NC1(C)CCOC1C)N1CCNCC1. The molecule has 0 aromatic carbocycles. The summed E-state index contributed by atoms with van der Waals surface area (Å²) < 4.78 is 5.56. The first-order valence-electron chi connectivity index (χ1n) is 6.91. The zero-order valence-electron chi connectivity index (χ0n) is 11.7. The minimum absolute atomic E-state index is 0.0586. The lowest BCUT2D eigenvalue weighted by molar-refractivity contribution is -0.128. The van der Waals surface area contributed by atoms with Crippen molar-refractivity contribution in [3.8, 4) is 0 Å². The van der Waals surface area contributed by atoms with Crippen LogP contribution in [0.25, 0.3) is 0 Å². The summed E-state index contributed by atoms with van der Waals surface area (Å²) in [5.41, 5.74) is -0.209. The maximum absolute atomic E-state index is 12.3. The van der Waals surface area contributed by atoms with E-state index in [1.54, 1.807) is 0 Å².